The van der Waals surface area contributed by atoms with E-state index in [9.17, 15) is 0 Å². The van der Waals surface area contributed by atoms with Crippen LogP contribution in [0.2, 0.25) is 0 Å². The van der Waals surface area contributed by atoms with Gasteiger partial charge in [0.1, 0.15) is 18.0 Å². The second kappa shape index (κ2) is 4.87. The van der Waals surface area contributed by atoms with Crippen LogP contribution >= 0.6 is 0 Å². The van der Waals surface area contributed by atoms with Crippen LogP contribution in [0.3, 0.4) is 0 Å². The smallest absolute Gasteiger partial charge is 0.134 e. The molecule has 2 rings (SSSR count). The van der Waals surface area contributed by atoms with Crippen LogP contribution in [0.25, 0.3) is 0 Å². The van der Waals surface area contributed by atoms with Gasteiger partial charge < -0.3 is 14.5 Å². The molecule has 0 aliphatic carbocycles. The molecule has 0 radical (unpaired) electrons. The average Bonchev–Trinajstić information content (AvgIpc) is 2.28. The molecule has 1 fully saturated rings. The molecule has 5 heteroatoms. The molecule has 0 bridgehead atoms. The Balaban J connectivity index is 2.18. The summed E-state index contributed by atoms with van der Waals surface area (Å²) in [6, 6.07) is 2.02. The van der Waals surface area contributed by atoms with Crippen molar-refractivity contribution in [1.29, 1.82) is 0 Å². The molecule has 1 aliphatic rings. The zero-order valence-electron chi connectivity index (χ0n) is 10.9. The highest BCUT2D eigenvalue weighted by Crippen LogP contribution is 2.20. The fourth-order valence-corrected chi connectivity index (χ4v) is 2.12. The minimum absolute atomic E-state index is 0.247. The Morgan fingerprint density at radius 2 is 1.88 bits per heavy atom. The zero-order valence-corrected chi connectivity index (χ0v) is 10.9. The lowest BCUT2D eigenvalue weighted by molar-refractivity contribution is -0.00546. The van der Waals surface area contributed by atoms with Crippen LogP contribution in [-0.2, 0) is 4.74 Å². The van der Waals surface area contributed by atoms with Crippen molar-refractivity contribution >= 4 is 11.6 Å². The quantitative estimate of drug-likeness (QED) is 0.770. The molecule has 0 N–H and O–H groups in total. The first-order valence-electron chi connectivity index (χ1n) is 5.96. The van der Waals surface area contributed by atoms with E-state index in [1.165, 1.54) is 0 Å². The van der Waals surface area contributed by atoms with E-state index < -0.39 is 0 Å². The first-order valence-corrected chi connectivity index (χ1v) is 5.96. The van der Waals surface area contributed by atoms with Gasteiger partial charge in [-0.1, -0.05) is 0 Å². The maximum atomic E-state index is 5.72. The minimum atomic E-state index is 0.247. The average molecular weight is 236 g/mol. The van der Waals surface area contributed by atoms with E-state index in [4.69, 9.17) is 4.74 Å². The molecule has 2 heterocycles. The van der Waals surface area contributed by atoms with Crippen LogP contribution < -0.4 is 9.80 Å². The highest BCUT2D eigenvalue weighted by Gasteiger charge is 2.23. The Kier molecular flexibility index (Phi) is 3.47. The summed E-state index contributed by atoms with van der Waals surface area (Å²) in [5, 5.41) is 0. The highest BCUT2D eigenvalue weighted by atomic mass is 16.5. The van der Waals surface area contributed by atoms with E-state index in [1.54, 1.807) is 6.33 Å². The van der Waals surface area contributed by atoms with E-state index in [0.29, 0.717) is 0 Å². The number of nitrogens with zero attached hydrogens (tertiary/aromatic N) is 4. The van der Waals surface area contributed by atoms with Crippen molar-refractivity contribution in [2.45, 2.75) is 26.1 Å². The molecule has 1 aliphatic heterocycles. The number of anilines is 2. The third-order valence-corrected chi connectivity index (χ3v) is 2.84. The SMILES string of the molecule is C[C@@H]1CN(c2cc(N(C)C)ncn2)C[C@@H](C)O1. The molecule has 94 valence electrons. The fourth-order valence-electron chi connectivity index (χ4n) is 2.12. The van der Waals surface area contributed by atoms with Crippen molar-refractivity contribution in [3.05, 3.63) is 12.4 Å². The van der Waals surface area contributed by atoms with Gasteiger partial charge in [-0.2, -0.15) is 0 Å². The normalized spacial score (nSPS) is 24.8. The molecule has 2 atom stereocenters. The molecule has 0 unspecified atom stereocenters. The Morgan fingerprint density at radius 3 is 2.47 bits per heavy atom. The van der Waals surface area contributed by atoms with Gasteiger partial charge in [-0.05, 0) is 13.8 Å². The van der Waals surface area contributed by atoms with Gasteiger partial charge in [-0.3, -0.25) is 0 Å². The Bertz CT molecular complexity index is 373. The third-order valence-electron chi connectivity index (χ3n) is 2.84. The van der Waals surface area contributed by atoms with E-state index in [1.807, 2.05) is 25.1 Å². The van der Waals surface area contributed by atoms with Crippen LogP contribution in [-0.4, -0.2) is 49.4 Å². The molecule has 17 heavy (non-hydrogen) atoms. The number of ether oxygens (including phenoxy) is 1. The molecule has 0 amide bonds. The van der Waals surface area contributed by atoms with Gasteiger partial charge in [0.05, 0.1) is 12.2 Å². The summed E-state index contributed by atoms with van der Waals surface area (Å²) in [5.41, 5.74) is 0. The van der Waals surface area contributed by atoms with Crippen LogP contribution in [0.15, 0.2) is 12.4 Å². The largest absolute Gasteiger partial charge is 0.372 e. The summed E-state index contributed by atoms with van der Waals surface area (Å²) in [5.74, 6) is 1.91. The van der Waals surface area contributed by atoms with Gasteiger partial charge >= 0.3 is 0 Å². The van der Waals surface area contributed by atoms with Crippen molar-refractivity contribution < 1.29 is 4.74 Å². The van der Waals surface area contributed by atoms with Gasteiger partial charge in [0.15, 0.2) is 0 Å². The maximum Gasteiger partial charge on any atom is 0.134 e. The second-order valence-electron chi connectivity index (χ2n) is 4.79. The standard InChI is InChI=1S/C12H20N4O/c1-9-6-16(7-10(2)17-9)12-5-11(15(3)4)13-8-14-12/h5,8-10H,6-7H2,1-4H3/t9-,10-/m1/s1. The van der Waals surface area contributed by atoms with Gasteiger partial charge in [-0.25, -0.2) is 9.97 Å². The fraction of sp³-hybridized carbons (Fsp3) is 0.667. The summed E-state index contributed by atoms with van der Waals surface area (Å²) >= 11 is 0. The molecular formula is C12H20N4O. The lowest BCUT2D eigenvalue weighted by atomic mass is 10.2. The topological polar surface area (TPSA) is 41.5 Å². The molecule has 0 spiro atoms. The first-order chi connectivity index (χ1) is 8.06. The van der Waals surface area contributed by atoms with E-state index in [0.717, 1.165) is 24.7 Å². The number of hydrogen-bond donors (Lipinski definition) is 0. The van der Waals surface area contributed by atoms with E-state index in [-0.39, 0.29) is 12.2 Å². The van der Waals surface area contributed by atoms with Crippen molar-refractivity contribution in [1.82, 2.24) is 9.97 Å². The van der Waals surface area contributed by atoms with Crippen LogP contribution in [0.4, 0.5) is 11.6 Å². The van der Waals surface area contributed by atoms with E-state index >= 15 is 0 Å². The van der Waals surface area contributed by atoms with Crippen molar-refractivity contribution in [2.24, 2.45) is 0 Å². The zero-order chi connectivity index (χ0) is 12.4. The van der Waals surface area contributed by atoms with Gasteiger partial charge in [0, 0.05) is 33.3 Å². The lowest BCUT2D eigenvalue weighted by Gasteiger charge is -2.36. The number of rotatable bonds is 2. The van der Waals surface area contributed by atoms with E-state index in [2.05, 4.69) is 28.7 Å². The molecule has 0 saturated carbocycles. The molecule has 0 aromatic carbocycles. The maximum absolute atomic E-state index is 5.72. The van der Waals surface area contributed by atoms with Gasteiger partial charge in [0.2, 0.25) is 0 Å². The Labute approximate surface area is 102 Å². The third kappa shape index (κ3) is 2.85. The predicted octanol–water partition coefficient (Wildman–Crippen LogP) is 1.16. The summed E-state index contributed by atoms with van der Waals surface area (Å²) in [6.07, 6.45) is 2.11. The first kappa shape index (κ1) is 12.1. The molecule has 1 saturated heterocycles. The van der Waals surface area contributed by atoms with Crippen molar-refractivity contribution in [3.8, 4) is 0 Å². The van der Waals surface area contributed by atoms with Crippen LogP contribution in [0.1, 0.15) is 13.8 Å². The predicted molar refractivity (Wildman–Crippen MR) is 68.6 cm³/mol. The molecule has 1 aromatic heterocycles. The van der Waals surface area contributed by atoms with Crippen molar-refractivity contribution in [2.75, 3.05) is 37.0 Å². The van der Waals surface area contributed by atoms with Gasteiger partial charge in [-0.15, -0.1) is 0 Å². The lowest BCUT2D eigenvalue weighted by Crippen LogP contribution is -2.45. The van der Waals surface area contributed by atoms with Crippen molar-refractivity contribution in [3.63, 3.8) is 0 Å². The monoisotopic (exact) mass is 236 g/mol. The number of aromatic nitrogens is 2. The molecule has 5 nitrogen and oxygen atoms in total. The summed E-state index contributed by atoms with van der Waals surface area (Å²) in [6.45, 7) is 5.95. The molecule has 1 aromatic rings. The number of hydrogen-bond acceptors (Lipinski definition) is 5. The van der Waals surface area contributed by atoms with Crippen LogP contribution in [0, 0.1) is 0 Å². The number of morpholine rings is 1. The summed E-state index contributed by atoms with van der Waals surface area (Å²) in [7, 11) is 3.97. The summed E-state index contributed by atoms with van der Waals surface area (Å²) < 4.78 is 5.72. The summed E-state index contributed by atoms with van der Waals surface area (Å²) in [4.78, 5) is 12.8. The molecular weight excluding hydrogens is 216 g/mol. The minimum Gasteiger partial charge on any atom is -0.372 e. The Hall–Kier alpha value is -1.36. The van der Waals surface area contributed by atoms with Crippen LogP contribution in [0.5, 0.6) is 0 Å². The van der Waals surface area contributed by atoms with Gasteiger partial charge in [0.25, 0.3) is 0 Å². The Morgan fingerprint density at radius 1 is 1.24 bits per heavy atom. The second-order valence-corrected chi connectivity index (χ2v) is 4.79. The highest BCUT2D eigenvalue weighted by molar-refractivity contribution is 5.49.